The lowest BCUT2D eigenvalue weighted by Gasteiger charge is -2.34. The fraction of sp³-hybridized carbons (Fsp3) is 0.474. The largest absolute Gasteiger partial charge is 0.361 e. The van der Waals surface area contributed by atoms with Crippen LogP contribution in [0.5, 0.6) is 0 Å². The maximum absolute atomic E-state index is 13.6. The summed E-state index contributed by atoms with van der Waals surface area (Å²) >= 11 is 0. The monoisotopic (exact) mass is 345 g/mol. The molecular formula is C19H24FN3O2. The van der Waals surface area contributed by atoms with E-state index < -0.39 is 0 Å². The lowest BCUT2D eigenvalue weighted by molar-refractivity contribution is -0.132. The van der Waals surface area contributed by atoms with E-state index in [1.807, 2.05) is 24.0 Å². The molecule has 2 heterocycles. The SMILES string of the molecule is Cc1cc(CC(=O)N2CCN(CCCc3ccccc3F)CC2)no1. The molecular weight excluding hydrogens is 321 g/mol. The molecule has 0 atom stereocenters. The zero-order valence-electron chi connectivity index (χ0n) is 14.6. The molecule has 1 aromatic carbocycles. The van der Waals surface area contributed by atoms with Crippen LogP contribution in [0.2, 0.25) is 0 Å². The van der Waals surface area contributed by atoms with Gasteiger partial charge in [0.1, 0.15) is 11.6 Å². The van der Waals surface area contributed by atoms with Crippen molar-refractivity contribution in [2.45, 2.75) is 26.2 Å². The molecule has 134 valence electrons. The van der Waals surface area contributed by atoms with Crippen LogP contribution in [0.4, 0.5) is 4.39 Å². The fourth-order valence-electron chi connectivity index (χ4n) is 3.18. The molecule has 3 rings (SSSR count). The van der Waals surface area contributed by atoms with Gasteiger partial charge in [-0.2, -0.15) is 0 Å². The van der Waals surface area contributed by atoms with Gasteiger partial charge in [-0.3, -0.25) is 9.69 Å². The number of hydrogen-bond donors (Lipinski definition) is 0. The van der Waals surface area contributed by atoms with Gasteiger partial charge >= 0.3 is 0 Å². The molecule has 1 aliphatic rings. The zero-order valence-corrected chi connectivity index (χ0v) is 14.6. The standard InChI is InChI=1S/C19H24FN3O2/c1-15-13-17(21-25-15)14-19(24)23-11-9-22(10-12-23)8-4-6-16-5-2-3-7-18(16)20/h2-3,5,7,13H,4,6,8-12,14H2,1H3. The van der Waals surface area contributed by atoms with Gasteiger partial charge < -0.3 is 9.42 Å². The minimum Gasteiger partial charge on any atom is -0.361 e. The average Bonchev–Trinajstić information content (AvgIpc) is 3.02. The molecule has 1 amide bonds. The van der Waals surface area contributed by atoms with Gasteiger partial charge in [-0.25, -0.2) is 4.39 Å². The Labute approximate surface area is 147 Å². The number of carbonyl (C=O) groups is 1. The quantitative estimate of drug-likeness (QED) is 0.807. The van der Waals surface area contributed by atoms with Crippen LogP contribution in [-0.2, 0) is 17.6 Å². The number of benzene rings is 1. The molecule has 1 aromatic heterocycles. The number of aryl methyl sites for hydroxylation is 2. The van der Waals surface area contributed by atoms with Gasteiger partial charge in [0.15, 0.2) is 0 Å². The van der Waals surface area contributed by atoms with Gasteiger partial charge in [0.2, 0.25) is 5.91 Å². The van der Waals surface area contributed by atoms with E-state index in [4.69, 9.17) is 4.52 Å². The molecule has 1 saturated heterocycles. The fourth-order valence-corrected chi connectivity index (χ4v) is 3.18. The third-order valence-corrected chi connectivity index (χ3v) is 4.61. The summed E-state index contributed by atoms with van der Waals surface area (Å²) < 4.78 is 18.6. The Bertz CT molecular complexity index is 708. The van der Waals surface area contributed by atoms with Crippen LogP contribution in [0.1, 0.15) is 23.4 Å². The van der Waals surface area contributed by atoms with Crippen molar-refractivity contribution in [2.75, 3.05) is 32.7 Å². The van der Waals surface area contributed by atoms with Crippen molar-refractivity contribution in [2.24, 2.45) is 0 Å². The average molecular weight is 345 g/mol. The third kappa shape index (κ3) is 4.89. The molecule has 0 saturated carbocycles. The first-order chi connectivity index (χ1) is 12.1. The molecule has 1 aliphatic heterocycles. The van der Waals surface area contributed by atoms with Gasteiger partial charge in [-0.15, -0.1) is 0 Å². The summed E-state index contributed by atoms with van der Waals surface area (Å²) in [6.07, 6.45) is 1.97. The van der Waals surface area contributed by atoms with Crippen LogP contribution < -0.4 is 0 Å². The second-order valence-electron chi connectivity index (χ2n) is 6.52. The topological polar surface area (TPSA) is 49.6 Å². The number of nitrogens with zero attached hydrogens (tertiary/aromatic N) is 3. The Balaban J connectivity index is 1.38. The number of amides is 1. The summed E-state index contributed by atoms with van der Waals surface area (Å²) in [5, 5.41) is 3.88. The van der Waals surface area contributed by atoms with Crippen LogP contribution in [0.15, 0.2) is 34.9 Å². The summed E-state index contributed by atoms with van der Waals surface area (Å²) in [6, 6.07) is 8.75. The minimum atomic E-state index is -0.124. The first-order valence-electron chi connectivity index (χ1n) is 8.77. The predicted octanol–water partition coefficient (Wildman–Crippen LogP) is 2.44. The molecule has 6 heteroatoms. The highest BCUT2D eigenvalue weighted by atomic mass is 19.1. The minimum absolute atomic E-state index is 0.0966. The van der Waals surface area contributed by atoms with Crippen molar-refractivity contribution in [3.8, 4) is 0 Å². The van der Waals surface area contributed by atoms with E-state index in [2.05, 4.69) is 10.1 Å². The molecule has 25 heavy (non-hydrogen) atoms. The maximum atomic E-state index is 13.6. The van der Waals surface area contributed by atoms with E-state index in [-0.39, 0.29) is 11.7 Å². The number of halogens is 1. The van der Waals surface area contributed by atoms with Gasteiger partial charge in [0.05, 0.1) is 12.1 Å². The first kappa shape index (κ1) is 17.6. The van der Waals surface area contributed by atoms with Crippen molar-refractivity contribution in [3.63, 3.8) is 0 Å². The highest BCUT2D eigenvalue weighted by molar-refractivity contribution is 5.78. The molecule has 0 radical (unpaired) electrons. The Morgan fingerprint density at radius 1 is 1.24 bits per heavy atom. The summed E-state index contributed by atoms with van der Waals surface area (Å²) in [6.45, 7) is 5.94. The van der Waals surface area contributed by atoms with E-state index >= 15 is 0 Å². The Hall–Kier alpha value is -2.21. The van der Waals surface area contributed by atoms with Crippen molar-refractivity contribution < 1.29 is 13.7 Å². The van der Waals surface area contributed by atoms with Crippen molar-refractivity contribution in [1.29, 1.82) is 0 Å². The van der Waals surface area contributed by atoms with E-state index in [1.54, 1.807) is 12.1 Å². The van der Waals surface area contributed by atoms with E-state index in [9.17, 15) is 9.18 Å². The van der Waals surface area contributed by atoms with Gasteiger partial charge in [0, 0.05) is 32.2 Å². The molecule has 0 N–H and O–H groups in total. The lowest BCUT2D eigenvalue weighted by Crippen LogP contribution is -2.49. The number of piperazine rings is 1. The lowest BCUT2D eigenvalue weighted by atomic mass is 10.1. The molecule has 5 nitrogen and oxygen atoms in total. The van der Waals surface area contributed by atoms with Crippen LogP contribution in [-0.4, -0.2) is 53.6 Å². The van der Waals surface area contributed by atoms with Gasteiger partial charge in [-0.1, -0.05) is 23.4 Å². The van der Waals surface area contributed by atoms with Gasteiger partial charge in [-0.05, 0) is 37.9 Å². The van der Waals surface area contributed by atoms with Crippen LogP contribution >= 0.6 is 0 Å². The smallest absolute Gasteiger partial charge is 0.228 e. The van der Waals surface area contributed by atoms with E-state index in [0.717, 1.165) is 56.9 Å². The van der Waals surface area contributed by atoms with Crippen LogP contribution in [0.3, 0.4) is 0 Å². The van der Waals surface area contributed by atoms with Crippen molar-refractivity contribution >= 4 is 5.91 Å². The van der Waals surface area contributed by atoms with Crippen molar-refractivity contribution in [3.05, 3.63) is 53.2 Å². The number of rotatable bonds is 6. The number of carbonyl (C=O) groups excluding carboxylic acids is 1. The molecule has 0 unspecified atom stereocenters. The molecule has 1 fully saturated rings. The molecule has 2 aromatic rings. The normalized spacial score (nSPS) is 15.5. The molecule has 0 bridgehead atoms. The zero-order chi connectivity index (χ0) is 17.6. The summed E-state index contributed by atoms with van der Waals surface area (Å²) in [7, 11) is 0. The Kier molecular flexibility index (Phi) is 5.81. The molecule has 0 aliphatic carbocycles. The van der Waals surface area contributed by atoms with Crippen LogP contribution in [0, 0.1) is 12.7 Å². The number of hydrogen-bond acceptors (Lipinski definition) is 4. The third-order valence-electron chi connectivity index (χ3n) is 4.61. The highest BCUT2D eigenvalue weighted by Gasteiger charge is 2.21. The second-order valence-corrected chi connectivity index (χ2v) is 6.52. The summed E-state index contributed by atoms with van der Waals surface area (Å²) in [5.74, 6) is 0.697. The second kappa shape index (κ2) is 8.25. The Morgan fingerprint density at radius 2 is 2.00 bits per heavy atom. The highest BCUT2D eigenvalue weighted by Crippen LogP contribution is 2.11. The van der Waals surface area contributed by atoms with E-state index in [1.165, 1.54) is 6.07 Å². The number of aromatic nitrogens is 1. The molecule has 0 spiro atoms. The van der Waals surface area contributed by atoms with E-state index in [0.29, 0.717) is 12.1 Å². The predicted molar refractivity (Wildman–Crippen MR) is 92.7 cm³/mol. The maximum Gasteiger partial charge on any atom is 0.228 e. The van der Waals surface area contributed by atoms with Crippen molar-refractivity contribution in [1.82, 2.24) is 15.0 Å². The first-order valence-corrected chi connectivity index (χ1v) is 8.77. The Morgan fingerprint density at radius 3 is 2.68 bits per heavy atom. The van der Waals surface area contributed by atoms with Gasteiger partial charge in [0.25, 0.3) is 0 Å². The van der Waals surface area contributed by atoms with Crippen LogP contribution in [0.25, 0.3) is 0 Å². The summed E-state index contributed by atoms with van der Waals surface area (Å²) in [4.78, 5) is 16.5. The summed E-state index contributed by atoms with van der Waals surface area (Å²) in [5.41, 5.74) is 1.47.